The first-order valence-electron chi connectivity index (χ1n) is 3.85. The Morgan fingerprint density at radius 2 is 2.00 bits per heavy atom. The first-order valence-corrected chi connectivity index (χ1v) is 3.85. The Morgan fingerprint density at radius 1 is 1.42 bits per heavy atom. The molecule has 0 aliphatic rings. The lowest BCUT2D eigenvalue weighted by atomic mass is 10.5. The van der Waals surface area contributed by atoms with Crippen molar-refractivity contribution in [1.29, 1.82) is 0 Å². The van der Waals surface area contributed by atoms with E-state index >= 15 is 0 Å². The van der Waals surface area contributed by atoms with Gasteiger partial charge in [0.2, 0.25) is 0 Å². The largest absolute Gasteiger partial charge is 0.339 e. The van der Waals surface area contributed by atoms with Gasteiger partial charge in [0.15, 0.2) is 0 Å². The molecule has 0 spiro atoms. The lowest BCUT2D eigenvalue weighted by Crippen LogP contribution is -2.40. The van der Waals surface area contributed by atoms with Gasteiger partial charge in [-0.3, -0.25) is 4.84 Å². The summed E-state index contributed by atoms with van der Waals surface area (Å²) >= 11 is 0. The number of hydroxylamine groups is 1. The van der Waals surface area contributed by atoms with Crippen molar-refractivity contribution < 1.29 is 14.1 Å². The predicted molar refractivity (Wildman–Crippen MR) is 46.4 cm³/mol. The third-order valence-corrected chi connectivity index (χ3v) is 1.26. The summed E-state index contributed by atoms with van der Waals surface area (Å²) in [5, 5.41) is 2.38. The van der Waals surface area contributed by atoms with Crippen molar-refractivity contribution in [2.75, 3.05) is 41.3 Å². The maximum atomic E-state index is 10.6. The topological polar surface area (TPSA) is 50.4 Å². The second-order valence-electron chi connectivity index (χ2n) is 3.54. The third kappa shape index (κ3) is 7.30. The van der Waals surface area contributed by atoms with Crippen molar-refractivity contribution in [3.63, 3.8) is 0 Å². The van der Waals surface area contributed by atoms with Crippen LogP contribution in [0.5, 0.6) is 0 Å². The van der Waals surface area contributed by atoms with Gasteiger partial charge in [-0.15, -0.1) is 0 Å². The van der Waals surface area contributed by atoms with Gasteiger partial charge in [-0.2, -0.15) is 0 Å². The highest BCUT2D eigenvalue weighted by Crippen LogP contribution is 1.87. The molecule has 0 aliphatic carbocycles. The third-order valence-electron chi connectivity index (χ3n) is 1.26. The van der Waals surface area contributed by atoms with E-state index in [4.69, 9.17) is 4.84 Å². The molecule has 0 aromatic rings. The number of hydrogen-bond donors (Lipinski definition) is 2. The molecule has 0 unspecified atom stereocenters. The quantitative estimate of drug-likeness (QED) is 0.346. The highest BCUT2D eigenvalue weighted by Gasteiger charge is 2.06. The molecular formula is C7H18N3O2+. The summed E-state index contributed by atoms with van der Waals surface area (Å²) in [6.45, 7) is 1.36. The lowest BCUT2D eigenvalue weighted by molar-refractivity contribution is -0.870. The van der Waals surface area contributed by atoms with Crippen molar-refractivity contribution >= 4 is 6.03 Å². The highest BCUT2D eigenvalue weighted by atomic mass is 16.7. The van der Waals surface area contributed by atoms with E-state index in [0.717, 1.165) is 11.0 Å². The smallest absolute Gasteiger partial charge is 0.338 e. The van der Waals surface area contributed by atoms with E-state index in [1.165, 1.54) is 0 Å². The van der Waals surface area contributed by atoms with Crippen LogP contribution in [0.15, 0.2) is 0 Å². The zero-order valence-electron chi connectivity index (χ0n) is 8.18. The molecule has 0 saturated carbocycles. The average Bonchev–Trinajstić information content (AvgIpc) is 1.96. The molecule has 5 nitrogen and oxygen atoms in total. The van der Waals surface area contributed by atoms with Crippen LogP contribution in [0.3, 0.4) is 0 Å². The second-order valence-corrected chi connectivity index (χ2v) is 3.54. The predicted octanol–water partition coefficient (Wildman–Crippen LogP) is -0.447. The number of carbonyl (C=O) groups excluding carboxylic acids is 1. The van der Waals surface area contributed by atoms with Crippen LogP contribution in [0.4, 0.5) is 4.79 Å². The van der Waals surface area contributed by atoms with Crippen LogP contribution in [-0.4, -0.2) is 51.9 Å². The molecule has 0 radical (unpaired) electrons. The van der Waals surface area contributed by atoms with Crippen LogP contribution >= 0.6 is 0 Å². The van der Waals surface area contributed by atoms with Gasteiger partial charge in [0, 0.05) is 7.05 Å². The van der Waals surface area contributed by atoms with Gasteiger partial charge < -0.3 is 9.80 Å². The molecule has 0 saturated heterocycles. The van der Waals surface area contributed by atoms with E-state index in [-0.39, 0.29) is 6.03 Å². The molecule has 0 aliphatic heterocycles. The first-order chi connectivity index (χ1) is 5.45. The Hall–Kier alpha value is -0.810. The Bertz CT molecular complexity index is 142. The molecule has 72 valence electrons. The Balaban J connectivity index is 3.28. The zero-order chi connectivity index (χ0) is 9.61. The van der Waals surface area contributed by atoms with E-state index in [1.807, 2.05) is 0 Å². The molecule has 0 aromatic heterocycles. The first kappa shape index (κ1) is 11.2. The van der Waals surface area contributed by atoms with Crippen LogP contribution in [0.1, 0.15) is 0 Å². The molecule has 5 heteroatoms. The van der Waals surface area contributed by atoms with E-state index in [1.54, 1.807) is 7.05 Å². The van der Waals surface area contributed by atoms with Gasteiger partial charge >= 0.3 is 6.03 Å². The second kappa shape index (κ2) is 4.95. The number of hydrogen-bond acceptors (Lipinski definition) is 2. The normalized spacial score (nSPS) is 11.0. The summed E-state index contributed by atoms with van der Waals surface area (Å²) < 4.78 is 0.815. The molecule has 0 atom stereocenters. The van der Waals surface area contributed by atoms with E-state index in [2.05, 4.69) is 31.9 Å². The number of nitrogens with zero attached hydrogens (tertiary/aromatic N) is 1. The number of quaternary nitrogens is 1. The summed E-state index contributed by atoms with van der Waals surface area (Å²) in [5.41, 5.74) is 2.24. The standard InChI is InChI=1S/C7H17N3O2/c1-8-7(11)9-12-6-5-10(2,3)4/h5-6H2,1-4H3,(H-,8,9,11)/p+1. The number of amides is 2. The van der Waals surface area contributed by atoms with Crippen LogP contribution in [0.25, 0.3) is 0 Å². The van der Waals surface area contributed by atoms with Crippen molar-refractivity contribution in [3.8, 4) is 0 Å². The Morgan fingerprint density at radius 3 is 2.42 bits per heavy atom. The number of rotatable bonds is 4. The summed E-state index contributed by atoms with van der Waals surface area (Å²) in [7, 11) is 7.72. The minimum Gasteiger partial charge on any atom is -0.339 e. The molecule has 2 amide bonds. The number of urea groups is 1. The van der Waals surface area contributed by atoms with Crippen LogP contribution < -0.4 is 10.8 Å². The summed E-state index contributed by atoms with van der Waals surface area (Å²) in [4.78, 5) is 15.5. The maximum Gasteiger partial charge on any atom is 0.338 e. The van der Waals surface area contributed by atoms with Crippen molar-refractivity contribution in [2.24, 2.45) is 0 Å². The summed E-state index contributed by atoms with van der Waals surface area (Å²) in [6, 6.07) is -0.323. The fraction of sp³-hybridized carbons (Fsp3) is 0.857. The fourth-order valence-corrected chi connectivity index (χ4v) is 0.487. The molecule has 0 fully saturated rings. The average molecular weight is 176 g/mol. The van der Waals surface area contributed by atoms with Crippen molar-refractivity contribution in [3.05, 3.63) is 0 Å². The fourth-order valence-electron chi connectivity index (χ4n) is 0.487. The van der Waals surface area contributed by atoms with Gasteiger partial charge in [0.05, 0.1) is 21.1 Å². The molecule has 12 heavy (non-hydrogen) atoms. The molecule has 0 aromatic carbocycles. The van der Waals surface area contributed by atoms with E-state index < -0.39 is 0 Å². The molecular weight excluding hydrogens is 158 g/mol. The molecule has 2 N–H and O–H groups in total. The summed E-state index contributed by atoms with van der Waals surface area (Å²) in [5.74, 6) is 0. The van der Waals surface area contributed by atoms with Gasteiger partial charge in [0.1, 0.15) is 13.2 Å². The zero-order valence-corrected chi connectivity index (χ0v) is 8.18. The molecule has 0 rings (SSSR count). The van der Waals surface area contributed by atoms with Crippen LogP contribution in [0.2, 0.25) is 0 Å². The van der Waals surface area contributed by atoms with Gasteiger partial charge in [-0.05, 0) is 0 Å². The van der Waals surface area contributed by atoms with Gasteiger partial charge in [0.25, 0.3) is 0 Å². The lowest BCUT2D eigenvalue weighted by Gasteiger charge is -2.23. The van der Waals surface area contributed by atoms with Crippen LogP contribution in [-0.2, 0) is 4.84 Å². The number of nitrogens with one attached hydrogen (secondary N) is 2. The molecule has 0 heterocycles. The minimum absolute atomic E-state index is 0.323. The Labute approximate surface area is 73.2 Å². The Kier molecular flexibility index (Phi) is 4.61. The maximum absolute atomic E-state index is 10.6. The summed E-state index contributed by atoms with van der Waals surface area (Å²) in [6.07, 6.45) is 0. The highest BCUT2D eigenvalue weighted by molar-refractivity contribution is 5.72. The molecule has 0 bridgehead atoms. The van der Waals surface area contributed by atoms with Crippen LogP contribution in [0, 0.1) is 0 Å². The van der Waals surface area contributed by atoms with Crippen molar-refractivity contribution in [2.45, 2.75) is 0 Å². The van der Waals surface area contributed by atoms with Gasteiger partial charge in [-0.25, -0.2) is 10.3 Å². The minimum atomic E-state index is -0.323. The number of carbonyl (C=O) groups is 1. The number of likely N-dealkylation sites (N-methyl/N-ethyl adjacent to an activating group) is 1. The van der Waals surface area contributed by atoms with Gasteiger partial charge in [-0.1, -0.05) is 0 Å². The monoisotopic (exact) mass is 176 g/mol. The SMILES string of the molecule is CNC(=O)NOCC[N+](C)(C)C. The van der Waals surface area contributed by atoms with E-state index in [9.17, 15) is 4.79 Å². The van der Waals surface area contributed by atoms with Crippen molar-refractivity contribution in [1.82, 2.24) is 10.8 Å². The van der Waals surface area contributed by atoms with E-state index in [0.29, 0.717) is 6.61 Å².